The van der Waals surface area contributed by atoms with E-state index in [0.29, 0.717) is 24.6 Å². The lowest BCUT2D eigenvalue weighted by atomic mass is 10.2. The van der Waals surface area contributed by atoms with E-state index in [1.165, 1.54) is 17.7 Å². The Labute approximate surface area is 136 Å². The Morgan fingerprint density at radius 1 is 1.35 bits per heavy atom. The Hall–Kier alpha value is -1.80. The number of nitrogens with one attached hydrogen (secondary N) is 1. The molecule has 128 valence electrons. The van der Waals surface area contributed by atoms with Gasteiger partial charge in [0.15, 0.2) is 18.1 Å². The van der Waals surface area contributed by atoms with Crippen LogP contribution in [0.3, 0.4) is 0 Å². The number of sulfonamides is 1. The van der Waals surface area contributed by atoms with Crippen molar-refractivity contribution in [1.82, 2.24) is 9.62 Å². The van der Waals surface area contributed by atoms with E-state index in [9.17, 15) is 13.2 Å². The maximum atomic E-state index is 11.9. The summed E-state index contributed by atoms with van der Waals surface area (Å²) < 4.78 is 35.3. The van der Waals surface area contributed by atoms with Crippen molar-refractivity contribution in [3.8, 4) is 11.5 Å². The standard InChI is InChI=1S/C15H22N2O5S/c1-21-13-7-3-4-8-14(13)22-11-15(18)16-10-12-6-5-9-17(12)23(2,19)20/h3-4,7-8,12H,5-6,9-11H2,1-2H3,(H,16,18). The predicted octanol–water partition coefficient (Wildman–Crippen LogP) is 0.614. The number of ether oxygens (including phenoxy) is 2. The number of carbonyl (C=O) groups excluding carboxylic acids is 1. The maximum Gasteiger partial charge on any atom is 0.257 e. The number of benzene rings is 1. The minimum Gasteiger partial charge on any atom is -0.493 e. The highest BCUT2D eigenvalue weighted by atomic mass is 32.2. The van der Waals surface area contributed by atoms with Gasteiger partial charge in [-0.3, -0.25) is 4.79 Å². The molecule has 7 nitrogen and oxygen atoms in total. The van der Waals surface area contributed by atoms with Crippen molar-refractivity contribution in [2.24, 2.45) is 0 Å². The zero-order valence-electron chi connectivity index (χ0n) is 13.3. The first kappa shape index (κ1) is 17.6. The van der Waals surface area contributed by atoms with Gasteiger partial charge < -0.3 is 14.8 Å². The first-order valence-electron chi connectivity index (χ1n) is 7.41. The summed E-state index contributed by atoms with van der Waals surface area (Å²) in [4.78, 5) is 11.9. The lowest BCUT2D eigenvalue weighted by molar-refractivity contribution is -0.123. The summed E-state index contributed by atoms with van der Waals surface area (Å²) in [5.41, 5.74) is 0. The third-order valence-electron chi connectivity index (χ3n) is 3.71. The monoisotopic (exact) mass is 342 g/mol. The maximum absolute atomic E-state index is 11.9. The molecular formula is C15H22N2O5S. The molecule has 0 spiro atoms. The van der Waals surface area contributed by atoms with Crippen molar-refractivity contribution in [2.45, 2.75) is 18.9 Å². The Morgan fingerprint density at radius 2 is 2.04 bits per heavy atom. The van der Waals surface area contributed by atoms with Gasteiger partial charge in [0.1, 0.15) is 0 Å². The third kappa shape index (κ3) is 4.84. The van der Waals surface area contributed by atoms with E-state index in [2.05, 4.69) is 5.32 Å². The molecule has 1 aromatic rings. The summed E-state index contributed by atoms with van der Waals surface area (Å²) in [6.07, 6.45) is 2.75. The second kappa shape index (κ2) is 7.65. The molecule has 1 unspecified atom stereocenters. The van der Waals surface area contributed by atoms with E-state index in [0.717, 1.165) is 12.8 Å². The normalized spacial score (nSPS) is 18.6. The lowest BCUT2D eigenvalue weighted by Crippen LogP contribution is -2.43. The summed E-state index contributed by atoms with van der Waals surface area (Å²) in [5.74, 6) is 0.749. The molecule has 0 radical (unpaired) electrons. The predicted molar refractivity (Wildman–Crippen MR) is 86.1 cm³/mol. The molecule has 0 bridgehead atoms. The molecule has 1 atom stereocenters. The molecule has 1 aliphatic rings. The molecular weight excluding hydrogens is 320 g/mol. The van der Waals surface area contributed by atoms with Crippen LogP contribution in [0.15, 0.2) is 24.3 Å². The average molecular weight is 342 g/mol. The summed E-state index contributed by atoms with van der Waals surface area (Å²) in [5, 5.41) is 2.72. The number of carbonyl (C=O) groups is 1. The van der Waals surface area contributed by atoms with Gasteiger partial charge >= 0.3 is 0 Å². The van der Waals surface area contributed by atoms with Crippen molar-refractivity contribution < 1.29 is 22.7 Å². The largest absolute Gasteiger partial charge is 0.493 e. The van der Waals surface area contributed by atoms with Crippen LogP contribution in [0.4, 0.5) is 0 Å². The molecule has 1 heterocycles. The van der Waals surface area contributed by atoms with Crippen LogP contribution in [0.2, 0.25) is 0 Å². The zero-order valence-corrected chi connectivity index (χ0v) is 14.1. The summed E-state index contributed by atoms with van der Waals surface area (Å²) in [6.45, 7) is 0.657. The van der Waals surface area contributed by atoms with Crippen molar-refractivity contribution >= 4 is 15.9 Å². The molecule has 2 rings (SSSR count). The molecule has 23 heavy (non-hydrogen) atoms. The highest BCUT2D eigenvalue weighted by Crippen LogP contribution is 2.25. The van der Waals surface area contributed by atoms with E-state index < -0.39 is 10.0 Å². The molecule has 0 saturated carbocycles. The van der Waals surface area contributed by atoms with Crippen LogP contribution >= 0.6 is 0 Å². The smallest absolute Gasteiger partial charge is 0.257 e. The van der Waals surface area contributed by atoms with Crippen molar-refractivity contribution in [2.75, 3.05) is 33.1 Å². The van der Waals surface area contributed by atoms with Gasteiger partial charge in [0, 0.05) is 19.1 Å². The first-order chi connectivity index (χ1) is 10.9. The van der Waals surface area contributed by atoms with Gasteiger partial charge in [0.05, 0.1) is 13.4 Å². The van der Waals surface area contributed by atoms with Crippen LogP contribution in [-0.4, -0.2) is 57.7 Å². The second-order valence-corrected chi connectivity index (χ2v) is 7.35. The highest BCUT2D eigenvalue weighted by Gasteiger charge is 2.31. The fraction of sp³-hybridized carbons (Fsp3) is 0.533. The van der Waals surface area contributed by atoms with Gasteiger partial charge in [-0.05, 0) is 25.0 Å². The number of rotatable bonds is 7. The van der Waals surface area contributed by atoms with Gasteiger partial charge in [-0.15, -0.1) is 0 Å². The fourth-order valence-electron chi connectivity index (χ4n) is 2.61. The summed E-state index contributed by atoms with van der Waals surface area (Å²) in [6, 6.07) is 6.88. The highest BCUT2D eigenvalue weighted by molar-refractivity contribution is 7.88. The van der Waals surface area contributed by atoms with Crippen LogP contribution < -0.4 is 14.8 Å². The fourth-order valence-corrected chi connectivity index (χ4v) is 3.80. The number of hydrogen-bond acceptors (Lipinski definition) is 5. The number of para-hydroxylation sites is 2. The van der Waals surface area contributed by atoms with Gasteiger partial charge in [0.2, 0.25) is 10.0 Å². The molecule has 1 fully saturated rings. The van der Waals surface area contributed by atoms with Gasteiger partial charge in [-0.1, -0.05) is 12.1 Å². The zero-order chi connectivity index (χ0) is 16.9. The molecule has 0 aliphatic carbocycles. The second-order valence-electron chi connectivity index (χ2n) is 5.41. The van der Waals surface area contributed by atoms with Gasteiger partial charge in [-0.25, -0.2) is 8.42 Å². The topological polar surface area (TPSA) is 84.9 Å². The van der Waals surface area contributed by atoms with E-state index >= 15 is 0 Å². The lowest BCUT2D eigenvalue weighted by Gasteiger charge is -2.22. The minimum absolute atomic E-state index is 0.147. The number of nitrogens with zero attached hydrogens (tertiary/aromatic N) is 1. The minimum atomic E-state index is -3.23. The van der Waals surface area contributed by atoms with Crippen LogP contribution in [0.1, 0.15) is 12.8 Å². The van der Waals surface area contributed by atoms with Crippen molar-refractivity contribution in [1.29, 1.82) is 0 Å². The van der Waals surface area contributed by atoms with Crippen molar-refractivity contribution in [3.63, 3.8) is 0 Å². The van der Waals surface area contributed by atoms with Crippen LogP contribution in [0.25, 0.3) is 0 Å². The van der Waals surface area contributed by atoms with Crippen molar-refractivity contribution in [3.05, 3.63) is 24.3 Å². The Balaban J connectivity index is 1.81. The number of amides is 1. The Kier molecular flexibility index (Phi) is 5.84. The van der Waals surface area contributed by atoms with E-state index in [1.807, 2.05) is 6.07 Å². The van der Waals surface area contributed by atoms with E-state index in [4.69, 9.17) is 9.47 Å². The SMILES string of the molecule is COc1ccccc1OCC(=O)NCC1CCCN1S(C)(=O)=O. The molecule has 0 aromatic heterocycles. The number of hydrogen-bond donors (Lipinski definition) is 1. The van der Waals surface area contributed by atoms with Crippen LogP contribution in [0.5, 0.6) is 11.5 Å². The molecule has 1 amide bonds. The summed E-state index contributed by atoms with van der Waals surface area (Å²) in [7, 11) is -1.70. The Morgan fingerprint density at radius 3 is 2.70 bits per heavy atom. The van der Waals surface area contributed by atoms with Crippen LogP contribution in [0, 0.1) is 0 Å². The molecule has 8 heteroatoms. The average Bonchev–Trinajstić information content (AvgIpc) is 3.00. The van der Waals surface area contributed by atoms with Gasteiger partial charge in [0.25, 0.3) is 5.91 Å². The summed E-state index contributed by atoms with van der Waals surface area (Å²) >= 11 is 0. The Bertz CT molecular complexity index is 647. The third-order valence-corrected chi connectivity index (χ3v) is 5.04. The quantitative estimate of drug-likeness (QED) is 0.785. The van der Waals surface area contributed by atoms with Gasteiger partial charge in [-0.2, -0.15) is 4.31 Å². The van der Waals surface area contributed by atoms with Crippen LogP contribution in [-0.2, 0) is 14.8 Å². The molecule has 1 N–H and O–H groups in total. The number of methoxy groups -OCH3 is 1. The molecule has 1 saturated heterocycles. The van der Waals surface area contributed by atoms with E-state index in [1.54, 1.807) is 18.2 Å². The van der Waals surface area contributed by atoms with E-state index in [-0.39, 0.29) is 18.6 Å². The first-order valence-corrected chi connectivity index (χ1v) is 9.26. The molecule has 1 aliphatic heterocycles. The molecule has 1 aromatic carbocycles.